The van der Waals surface area contributed by atoms with Crippen molar-refractivity contribution in [3.8, 4) is 16.9 Å². The third-order valence-electron chi connectivity index (χ3n) is 6.87. The van der Waals surface area contributed by atoms with Gasteiger partial charge in [0, 0.05) is 41.3 Å². The van der Waals surface area contributed by atoms with Gasteiger partial charge in [-0.25, -0.2) is 9.18 Å². The minimum atomic E-state index is -0.553. The zero-order valence-corrected chi connectivity index (χ0v) is 24.4. The molecule has 220 valence electrons. The normalized spacial score (nSPS) is 12.6. The lowest BCUT2D eigenvalue weighted by atomic mass is 10.0. The summed E-state index contributed by atoms with van der Waals surface area (Å²) < 4.78 is 16.4. The maximum atomic E-state index is 15.1. The number of H-pyrrole nitrogens is 1. The molecule has 2 aromatic heterocycles. The van der Waals surface area contributed by atoms with E-state index < -0.39 is 11.5 Å². The number of aromatic nitrogens is 3. The lowest BCUT2D eigenvalue weighted by Crippen LogP contribution is -2.36. The van der Waals surface area contributed by atoms with E-state index in [1.54, 1.807) is 61.7 Å². The minimum Gasteiger partial charge on any atom is -0.374 e. The van der Waals surface area contributed by atoms with Gasteiger partial charge in [0.2, 0.25) is 0 Å². The van der Waals surface area contributed by atoms with Crippen molar-refractivity contribution < 1.29 is 9.18 Å². The molecule has 4 aromatic rings. The molecule has 0 saturated carbocycles. The predicted molar refractivity (Wildman–Crippen MR) is 166 cm³/mol. The number of carbonyl (C=O) groups excluding carboxylic acids is 1. The quantitative estimate of drug-likeness (QED) is 0.0885. The molecule has 6 N–H and O–H groups in total. The first-order chi connectivity index (χ1) is 20.0. The van der Waals surface area contributed by atoms with E-state index in [4.69, 9.17) is 22.7 Å². The van der Waals surface area contributed by atoms with Gasteiger partial charge in [0.15, 0.2) is 5.82 Å². The Balaban J connectivity index is 1.55. The molecule has 0 spiro atoms. The summed E-state index contributed by atoms with van der Waals surface area (Å²) in [6.07, 6.45) is 6.26. The number of aryl methyl sites for hydroxylation is 1. The first kappa shape index (κ1) is 30.7. The fraction of sp³-hybridized carbons (Fsp3) is 0.290. The number of nitrogens with one attached hydrogen (secondary N) is 4. The van der Waals surface area contributed by atoms with Crippen LogP contribution in [0.3, 0.4) is 0 Å². The Bertz CT molecular complexity index is 1660. The fourth-order valence-corrected chi connectivity index (χ4v) is 4.87. The van der Waals surface area contributed by atoms with Crippen molar-refractivity contribution in [2.45, 2.75) is 51.6 Å². The zero-order chi connectivity index (χ0) is 30.4. The summed E-state index contributed by atoms with van der Waals surface area (Å²) in [4.78, 5) is 32.9. The second kappa shape index (κ2) is 13.6. The van der Waals surface area contributed by atoms with Crippen molar-refractivity contribution in [2.75, 3.05) is 6.54 Å². The van der Waals surface area contributed by atoms with Gasteiger partial charge in [-0.15, -0.1) is 6.58 Å². The molecule has 0 aliphatic carbocycles. The number of nitrogens with two attached hydrogens (primary N) is 1. The molecule has 11 heteroatoms. The SMILES string of the molecule is C=C[C@@H](CCNC(C)=N)NC(=O)c1ccc(-n2cc3cc(-c4cc(CCC[C@H](C)N)cc(Cl)c4F)[nH]c3nc2=O)cc1. The number of aromatic amines is 1. The van der Waals surface area contributed by atoms with Gasteiger partial charge < -0.3 is 21.4 Å². The number of rotatable bonds is 12. The number of fused-ring (bicyclic) bond motifs is 1. The van der Waals surface area contributed by atoms with Crippen LogP contribution in [-0.4, -0.2) is 44.9 Å². The molecule has 0 fully saturated rings. The van der Waals surface area contributed by atoms with Gasteiger partial charge in [0.1, 0.15) is 5.65 Å². The van der Waals surface area contributed by atoms with E-state index in [9.17, 15) is 9.59 Å². The molecule has 0 saturated heterocycles. The summed E-state index contributed by atoms with van der Waals surface area (Å²) in [6, 6.07) is 11.5. The van der Waals surface area contributed by atoms with Crippen molar-refractivity contribution in [3.63, 3.8) is 0 Å². The standard InChI is InChI=1S/C31H35ClFN7O2/c1-4-23(12-13-36-19(3)35)37-30(41)21-8-10-24(11-9-21)40-17-22-16-27(38-29(22)39-31(40)42)25-14-20(7-5-6-18(2)34)15-26(32)28(25)33/h4,8-11,14-18,23H,1,5-7,12-13,34H2,2-3H3,(H2,35,36)(H,37,41)(H,38,39,42)/t18-,23-/m0/s1. The van der Waals surface area contributed by atoms with E-state index in [-0.39, 0.29) is 23.0 Å². The molecule has 9 nitrogen and oxygen atoms in total. The van der Waals surface area contributed by atoms with Crippen LogP contribution in [-0.2, 0) is 6.42 Å². The second-order valence-electron chi connectivity index (χ2n) is 10.4. The Hall–Kier alpha value is -4.28. The van der Waals surface area contributed by atoms with Gasteiger partial charge in [0.05, 0.1) is 22.2 Å². The molecular weight excluding hydrogens is 557 g/mol. The van der Waals surface area contributed by atoms with Gasteiger partial charge in [-0.3, -0.25) is 14.8 Å². The number of carbonyl (C=O) groups is 1. The summed E-state index contributed by atoms with van der Waals surface area (Å²) in [6.45, 7) is 7.90. The Morgan fingerprint density at radius 2 is 2.00 bits per heavy atom. The van der Waals surface area contributed by atoms with Crippen molar-refractivity contribution in [2.24, 2.45) is 5.73 Å². The average Bonchev–Trinajstić information content (AvgIpc) is 3.36. The lowest BCUT2D eigenvalue weighted by Gasteiger charge is -2.15. The number of hydrogen-bond acceptors (Lipinski definition) is 5. The van der Waals surface area contributed by atoms with Crippen LogP contribution < -0.4 is 22.1 Å². The van der Waals surface area contributed by atoms with Crippen molar-refractivity contribution in [1.29, 1.82) is 5.41 Å². The molecule has 42 heavy (non-hydrogen) atoms. The summed E-state index contributed by atoms with van der Waals surface area (Å²) >= 11 is 6.22. The molecular formula is C31H35ClFN7O2. The van der Waals surface area contributed by atoms with Gasteiger partial charge in [-0.2, -0.15) is 4.98 Å². The van der Waals surface area contributed by atoms with Gasteiger partial charge in [-0.05, 0) is 87.6 Å². The Labute approximate surface area is 248 Å². The first-order valence-electron chi connectivity index (χ1n) is 13.7. The Kier molecular flexibility index (Phi) is 9.92. The van der Waals surface area contributed by atoms with Crippen molar-refractivity contribution in [3.05, 3.63) is 93.8 Å². The minimum absolute atomic E-state index is 0.0242. The molecule has 2 aromatic carbocycles. The van der Waals surface area contributed by atoms with Crippen molar-refractivity contribution in [1.82, 2.24) is 25.2 Å². The van der Waals surface area contributed by atoms with E-state index >= 15 is 4.39 Å². The number of nitrogens with zero attached hydrogens (tertiary/aromatic N) is 2. The highest BCUT2D eigenvalue weighted by molar-refractivity contribution is 6.31. The molecule has 0 bridgehead atoms. The predicted octanol–water partition coefficient (Wildman–Crippen LogP) is 5.10. The van der Waals surface area contributed by atoms with Gasteiger partial charge in [-0.1, -0.05) is 17.7 Å². The van der Waals surface area contributed by atoms with Crippen LogP contribution >= 0.6 is 11.6 Å². The van der Waals surface area contributed by atoms with Crippen LogP contribution in [0.4, 0.5) is 4.39 Å². The third kappa shape index (κ3) is 7.51. The molecule has 0 aliphatic rings. The maximum absolute atomic E-state index is 15.1. The zero-order valence-electron chi connectivity index (χ0n) is 23.6. The maximum Gasteiger partial charge on any atom is 0.354 e. The molecule has 2 heterocycles. The van der Waals surface area contributed by atoms with E-state index in [0.717, 1.165) is 18.4 Å². The summed E-state index contributed by atoms with van der Waals surface area (Å²) in [5, 5.41) is 13.9. The van der Waals surface area contributed by atoms with E-state index in [0.29, 0.717) is 58.8 Å². The topological polar surface area (TPSA) is 142 Å². The number of hydrogen-bond donors (Lipinski definition) is 5. The van der Waals surface area contributed by atoms with Gasteiger partial charge in [0.25, 0.3) is 5.91 Å². The highest BCUT2D eigenvalue weighted by atomic mass is 35.5. The number of amides is 1. The van der Waals surface area contributed by atoms with Crippen LogP contribution in [0, 0.1) is 11.2 Å². The van der Waals surface area contributed by atoms with Crippen molar-refractivity contribution >= 4 is 34.4 Å². The molecule has 4 rings (SSSR count). The molecule has 0 aliphatic heterocycles. The lowest BCUT2D eigenvalue weighted by molar-refractivity contribution is 0.0943. The number of amidine groups is 1. The fourth-order valence-electron chi connectivity index (χ4n) is 4.63. The largest absolute Gasteiger partial charge is 0.374 e. The van der Waals surface area contributed by atoms with Crippen LogP contribution in [0.1, 0.15) is 49.0 Å². The van der Waals surface area contributed by atoms with E-state index in [1.165, 1.54) is 4.57 Å². The highest BCUT2D eigenvalue weighted by Crippen LogP contribution is 2.31. The summed E-state index contributed by atoms with van der Waals surface area (Å²) in [7, 11) is 0. The number of halogens is 2. The van der Waals surface area contributed by atoms with E-state index in [1.807, 2.05) is 6.92 Å². The van der Waals surface area contributed by atoms with Gasteiger partial charge >= 0.3 is 5.69 Å². The highest BCUT2D eigenvalue weighted by Gasteiger charge is 2.16. The van der Waals surface area contributed by atoms with E-state index in [2.05, 4.69) is 27.2 Å². The molecule has 0 radical (unpaired) electrons. The van der Waals surface area contributed by atoms with Crippen LogP contribution in [0.5, 0.6) is 0 Å². The summed E-state index contributed by atoms with van der Waals surface area (Å²) in [5.41, 5.74) is 8.23. The second-order valence-corrected chi connectivity index (χ2v) is 10.8. The third-order valence-corrected chi connectivity index (χ3v) is 7.14. The monoisotopic (exact) mass is 591 g/mol. The number of benzene rings is 2. The van der Waals surface area contributed by atoms with Crippen LogP contribution in [0.2, 0.25) is 5.02 Å². The smallest absolute Gasteiger partial charge is 0.354 e. The summed E-state index contributed by atoms with van der Waals surface area (Å²) in [5.74, 6) is -0.481. The van der Waals surface area contributed by atoms with Crippen LogP contribution in [0.15, 0.2) is 66.1 Å². The first-order valence-corrected chi connectivity index (χ1v) is 14.1. The molecule has 1 amide bonds. The molecule has 2 atom stereocenters. The Morgan fingerprint density at radius 1 is 1.26 bits per heavy atom. The molecule has 0 unspecified atom stereocenters. The average molecular weight is 592 g/mol. The van der Waals surface area contributed by atoms with Crippen LogP contribution in [0.25, 0.3) is 28.0 Å². The Morgan fingerprint density at radius 3 is 2.67 bits per heavy atom.